The maximum absolute atomic E-state index is 13.1. The number of halogens is 2. The van der Waals surface area contributed by atoms with E-state index >= 15 is 0 Å². The molecule has 1 aliphatic carbocycles. The van der Waals surface area contributed by atoms with E-state index in [0.717, 1.165) is 5.57 Å². The first-order valence-corrected chi connectivity index (χ1v) is 6.27. The molecule has 0 radical (unpaired) electrons. The molecule has 0 aliphatic heterocycles. The first kappa shape index (κ1) is 13.3. The summed E-state index contributed by atoms with van der Waals surface area (Å²) >= 11 is 5.85. The second-order valence-electron chi connectivity index (χ2n) is 4.56. The fraction of sp³-hybridized carbons (Fsp3) is 0.462. The quantitative estimate of drug-likeness (QED) is 0.856. The molecule has 1 aromatic heterocycles. The molecule has 1 N–H and O–H groups in total. The van der Waals surface area contributed by atoms with Crippen LogP contribution in [0.15, 0.2) is 22.4 Å². The van der Waals surface area contributed by atoms with Crippen molar-refractivity contribution in [2.24, 2.45) is 0 Å². The summed E-state index contributed by atoms with van der Waals surface area (Å²) in [5, 5.41) is 8.56. The Balaban J connectivity index is 2.35. The van der Waals surface area contributed by atoms with E-state index in [-0.39, 0.29) is 18.4 Å². The number of aliphatic hydroxyl groups excluding tert-OH is 1. The van der Waals surface area contributed by atoms with E-state index < -0.39 is 5.38 Å². The van der Waals surface area contributed by atoms with Gasteiger partial charge in [0.05, 0.1) is 12.0 Å². The lowest BCUT2D eigenvalue weighted by molar-refractivity contribution is 0.273. The van der Waals surface area contributed by atoms with E-state index in [0.29, 0.717) is 23.8 Å². The molecule has 0 bridgehead atoms. The molecule has 18 heavy (non-hydrogen) atoms. The maximum atomic E-state index is 13.1. The molecule has 98 valence electrons. The van der Waals surface area contributed by atoms with Crippen molar-refractivity contribution >= 4 is 17.2 Å². The average molecular weight is 272 g/mol. The standard InChI is InChI=1S/C13H15ClFNO2/c1-7(2)12-11(6-17)16-13(18-12)8-3-4-10(15)9(14)5-8/h3-4,7,9,17H,5-6H2,1-2H3. The minimum absolute atomic E-state index is 0.136. The SMILES string of the molecule is CC(C)c1oc(C2=CC=C(F)C(Cl)C2)nc1CO. The van der Waals surface area contributed by atoms with Crippen LogP contribution in [0.3, 0.4) is 0 Å². The highest BCUT2D eigenvalue weighted by Gasteiger charge is 2.23. The highest BCUT2D eigenvalue weighted by molar-refractivity contribution is 6.23. The lowest BCUT2D eigenvalue weighted by Gasteiger charge is -2.12. The van der Waals surface area contributed by atoms with Crippen molar-refractivity contribution in [2.75, 3.05) is 0 Å². The molecule has 5 heteroatoms. The zero-order valence-corrected chi connectivity index (χ0v) is 11.0. The molecule has 1 heterocycles. The van der Waals surface area contributed by atoms with Crippen LogP contribution in [0, 0.1) is 0 Å². The fourth-order valence-corrected chi connectivity index (χ4v) is 2.11. The first-order chi connectivity index (χ1) is 8.52. The van der Waals surface area contributed by atoms with E-state index in [1.54, 1.807) is 6.08 Å². The van der Waals surface area contributed by atoms with Gasteiger partial charge in [0.1, 0.15) is 17.3 Å². The molecule has 0 saturated carbocycles. The summed E-state index contributed by atoms with van der Waals surface area (Å²) in [4.78, 5) is 4.24. The largest absolute Gasteiger partial charge is 0.441 e. The number of aromatic nitrogens is 1. The Morgan fingerprint density at radius 2 is 2.28 bits per heavy atom. The first-order valence-electron chi connectivity index (χ1n) is 5.84. The molecular weight excluding hydrogens is 257 g/mol. The van der Waals surface area contributed by atoms with Gasteiger partial charge in [0.2, 0.25) is 5.89 Å². The van der Waals surface area contributed by atoms with Crippen molar-refractivity contribution in [2.45, 2.75) is 38.2 Å². The molecule has 0 amide bonds. The summed E-state index contributed by atoms with van der Waals surface area (Å²) in [7, 11) is 0. The number of hydrogen-bond acceptors (Lipinski definition) is 3. The van der Waals surface area contributed by atoms with Crippen LogP contribution in [0.5, 0.6) is 0 Å². The van der Waals surface area contributed by atoms with Gasteiger partial charge in [-0.2, -0.15) is 0 Å². The van der Waals surface area contributed by atoms with Crippen molar-refractivity contribution in [3.63, 3.8) is 0 Å². The van der Waals surface area contributed by atoms with Crippen LogP contribution in [0.25, 0.3) is 5.57 Å². The smallest absolute Gasteiger partial charge is 0.222 e. The van der Waals surface area contributed by atoms with E-state index in [9.17, 15) is 9.50 Å². The van der Waals surface area contributed by atoms with E-state index in [1.165, 1.54) is 6.08 Å². The van der Waals surface area contributed by atoms with Gasteiger partial charge in [-0.1, -0.05) is 19.9 Å². The van der Waals surface area contributed by atoms with Gasteiger partial charge in [0.15, 0.2) is 0 Å². The Labute approximate surface area is 110 Å². The van der Waals surface area contributed by atoms with Gasteiger partial charge in [-0.15, -0.1) is 11.6 Å². The Morgan fingerprint density at radius 3 is 2.78 bits per heavy atom. The number of hydrogen-bond donors (Lipinski definition) is 1. The Kier molecular flexibility index (Phi) is 3.88. The zero-order valence-electron chi connectivity index (χ0n) is 10.3. The normalized spacial score (nSPS) is 20.0. The van der Waals surface area contributed by atoms with Crippen LogP contribution < -0.4 is 0 Å². The van der Waals surface area contributed by atoms with Crippen molar-refractivity contribution in [3.05, 3.63) is 35.3 Å². The molecule has 1 unspecified atom stereocenters. The van der Waals surface area contributed by atoms with Crippen molar-refractivity contribution in [3.8, 4) is 0 Å². The summed E-state index contributed by atoms with van der Waals surface area (Å²) in [5.41, 5.74) is 1.28. The Morgan fingerprint density at radius 1 is 1.56 bits per heavy atom. The van der Waals surface area contributed by atoms with Crippen LogP contribution in [0.4, 0.5) is 4.39 Å². The number of allylic oxidation sites excluding steroid dienone is 4. The molecule has 1 atom stereocenters. The predicted molar refractivity (Wildman–Crippen MR) is 67.9 cm³/mol. The van der Waals surface area contributed by atoms with Gasteiger partial charge < -0.3 is 9.52 Å². The fourth-order valence-electron chi connectivity index (χ4n) is 1.87. The Hall–Kier alpha value is -1.13. The van der Waals surface area contributed by atoms with Crippen LogP contribution >= 0.6 is 11.6 Å². The lowest BCUT2D eigenvalue weighted by atomic mass is 10.0. The van der Waals surface area contributed by atoms with Gasteiger partial charge in [0, 0.05) is 17.9 Å². The zero-order chi connectivity index (χ0) is 13.3. The lowest BCUT2D eigenvalue weighted by Crippen LogP contribution is -2.05. The number of aliphatic hydroxyl groups is 1. The molecule has 0 saturated heterocycles. The summed E-state index contributed by atoms with van der Waals surface area (Å²) in [5.74, 6) is 0.863. The van der Waals surface area contributed by atoms with Gasteiger partial charge in [-0.25, -0.2) is 9.37 Å². The molecule has 2 rings (SSSR count). The molecule has 3 nitrogen and oxygen atoms in total. The third kappa shape index (κ3) is 2.49. The predicted octanol–water partition coefficient (Wildman–Crippen LogP) is 3.54. The van der Waals surface area contributed by atoms with Crippen LogP contribution in [0.1, 0.15) is 43.5 Å². The van der Waals surface area contributed by atoms with Crippen LogP contribution in [-0.2, 0) is 6.61 Å². The highest BCUT2D eigenvalue weighted by Crippen LogP contribution is 2.32. The number of oxazole rings is 1. The molecule has 1 aliphatic rings. The Bertz CT molecular complexity index is 505. The van der Waals surface area contributed by atoms with Gasteiger partial charge in [-0.3, -0.25) is 0 Å². The van der Waals surface area contributed by atoms with Crippen molar-refractivity contribution in [1.29, 1.82) is 0 Å². The third-order valence-electron chi connectivity index (χ3n) is 2.82. The van der Waals surface area contributed by atoms with Gasteiger partial charge >= 0.3 is 0 Å². The van der Waals surface area contributed by atoms with E-state index in [1.807, 2.05) is 13.8 Å². The highest BCUT2D eigenvalue weighted by atomic mass is 35.5. The summed E-state index contributed by atoms with van der Waals surface area (Å²) in [6.45, 7) is 3.75. The minimum atomic E-state index is -0.669. The second-order valence-corrected chi connectivity index (χ2v) is 5.08. The monoisotopic (exact) mass is 271 g/mol. The average Bonchev–Trinajstić information content (AvgIpc) is 2.77. The molecule has 0 spiro atoms. The third-order valence-corrected chi connectivity index (χ3v) is 3.18. The van der Waals surface area contributed by atoms with E-state index in [2.05, 4.69) is 4.98 Å². The summed E-state index contributed by atoms with van der Waals surface area (Å²) < 4.78 is 18.8. The van der Waals surface area contributed by atoms with Gasteiger partial charge in [0.25, 0.3) is 0 Å². The number of nitrogens with zero attached hydrogens (tertiary/aromatic N) is 1. The van der Waals surface area contributed by atoms with Crippen LogP contribution in [0.2, 0.25) is 0 Å². The van der Waals surface area contributed by atoms with E-state index in [4.69, 9.17) is 16.0 Å². The second kappa shape index (κ2) is 5.24. The summed E-state index contributed by atoms with van der Waals surface area (Å²) in [6, 6.07) is 0. The van der Waals surface area contributed by atoms with Crippen LogP contribution in [-0.4, -0.2) is 15.5 Å². The van der Waals surface area contributed by atoms with Crippen molar-refractivity contribution < 1.29 is 13.9 Å². The molecular formula is C13H15ClFNO2. The molecule has 1 aromatic rings. The molecule has 0 fully saturated rings. The minimum Gasteiger partial charge on any atom is -0.441 e. The number of alkyl halides is 1. The maximum Gasteiger partial charge on any atom is 0.222 e. The van der Waals surface area contributed by atoms with Crippen molar-refractivity contribution in [1.82, 2.24) is 4.98 Å². The number of rotatable bonds is 3. The topological polar surface area (TPSA) is 46.3 Å². The van der Waals surface area contributed by atoms with Gasteiger partial charge in [-0.05, 0) is 6.08 Å². The molecule has 0 aromatic carbocycles. The summed E-state index contributed by atoms with van der Waals surface area (Å²) in [6.07, 6.45) is 3.28.